The van der Waals surface area contributed by atoms with Gasteiger partial charge in [-0.25, -0.2) is 4.98 Å². The van der Waals surface area contributed by atoms with Gasteiger partial charge in [0.05, 0.1) is 17.7 Å². The highest BCUT2D eigenvalue weighted by Gasteiger charge is 2.18. The lowest BCUT2D eigenvalue weighted by molar-refractivity contribution is -0.116. The first kappa shape index (κ1) is 18.8. The summed E-state index contributed by atoms with van der Waals surface area (Å²) in [6.45, 7) is 1.51. The molecule has 3 rings (SSSR count). The molecule has 0 aliphatic heterocycles. The summed E-state index contributed by atoms with van der Waals surface area (Å²) in [5, 5.41) is 3.24. The summed E-state index contributed by atoms with van der Waals surface area (Å²) in [6, 6.07) is 17.1. The third-order valence-electron chi connectivity index (χ3n) is 4.05. The molecule has 1 N–H and O–H groups in total. The minimum absolute atomic E-state index is 0.0686. The monoisotopic (exact) mass is 380 g/mol. The Balaban J connectivity index is 1.72. The van der Waals surface area contributed by atoms with Crippen molar-refractivity contribution in [3.05, 3.63) is 65.0 Å². The number of carbonyl (C=O) groups excluding carboxylic acids is 2. The smallest absolute Gasteiger partial charge is 0.226 e. The molecule has 1 amide bonds. The van der Waals surface area contributed by atoms with E-state index < -0.39 is 0 Å². The number of rotatable bonds is 7. The molecule has 0 saturated carbocycles. The van der Waals surface area contributed by atoms with E-state index in [1.54, 1.807) is 7.11 Å². The molecule has 0 atom stereocenters. The Bertz CT molecular complexity index is 951. The molecule has 5 nitrogen and oxygen atoms in total. The normalized spacial score (nSPS) is 10.4. The van der Waals surface area contributed by atoms with Crippen molar-refractivity contribution in [3.63, 3.8) is 0 Å². The molecule has 0 unspecified atom stereocenters. The number of ether oxygens (including phenoxy) is 1. The molecule has 0 aliphatic rings. The summed E-state index contributed by atoms with van der Waals surface area (Å²) in [5.41, 5.74) is 2.44. The Morgan fingerprint density at radius 2 is 1.78 bits per heavy atom. The van der Waals surface area contributed by atoms with Crippen LogP contribution in [0.4, 0.5) is 5.13 Å². The van der Waals surface area contributed by atoms with E-state index in [1.807, 2.05) is 54.6 Å². The maximum Gasteiger partial charge on any atom is 0.226 e. The van der Waals surface area contributed by atoms with Gasteiger partial charge in [-0.05, 0) is 18.1 Å². The van der Waals surface area contributed by atoms with Crippen LogP contribution in [0.1, 0.15) is 28.6 Å². The van der Waals surface area contributed by atoms with Crippen LogP contribution in [0.5, 0.6) is 5.75 Å². The molecule has 27 heavy (non-hydrogen) atoms. The van der Waals surface area contributed by atoms with Gasteiger partial charge < -0.3 is 10.1 Å². The number of benzene rings is 2. The van der Waals surface area contributed by atoms with Gasteiger partial charge in [-0.15, -0.1) is 0 Å². The lowest BCUT2D eigenvalue weighted by Gasteiger charge is -2.07. The van der Waals surface area contributed by atoms with Gasteiger partial charge in [-0.2, -0.15) is 0 Å². The van der Waals surface area contributed by atoms with Crippen LogP contribution in [0.3, 0.4) is 0 Å². The van der Waals surface area contributed by atoms with Gasteiger partial charge in [0.15, 0.2) is 10.9 Å². The summed E-state index contributed by atoms with van der Waals surface area (Å²) in [7, 11) is 1.61. The van der Waals surface area contributed by atoms with Crippen molar-refractivity contribution in [2.24, 2.45) is 0 Å². The van der Waals surface area contributed by atoms with E-state index in [9.17, 15) is 9.59 Å². The highest BCUT2D eigenvalue weighted by atomic mass is 32.1. The van der Waals surface area contributed by atoms with Crippen LogP contribution < -0.4 is 10.1 Å². The van der Waals surface area contributed by atoms with Crippen molar-refractivity contribution in [3.8, 4) is 17.0 Å². The summed E-state index contributed by atoms with van der Waals surface area (Å²) in [5.74, 6) is 0.551. The molecule has 0 fully saturated rings. The predicted molar refractivity (Wildman–Crippen MR) is 107 cm³/mol. The van der Waals surface area contributed by atoms with Crippen molar-refractivity contribution >= 4 is 28.2 Å². The summed E-state index contributed by atoms with van der Waals surface area (Å²) < 4.78 is 5.31. The van der Waals surface area contributed by atoms with Gasteiger partial charge in [0.1, 0.15) is 5.75 Å². The topological polar surface area (TPSA) is 68.3 Å². The number of aromatic nitrogens is 1. The first-order valence-corrected chi connectivity index (χ1v) is 9.39. The zero-order chi connectivity index (χ0) is 19.2. The average Bonchev–Trinajstić information content (AvgIpc) is 3.11. The molecule has 0 bridgehead atoms. The number of Topliss-reactive ketones (excluding diaryl/α,β-unsaturated/α-hetero) is 1. The highest BCUT2D eigenvalue weighted by Crippen LogP contribution is 2.31. The number of carbonyl (C=O) groups is 2. The second kappa shape index (κ2) is 8.60. The first-order chi connectivity index (χ1) is 13.1. The molecular formula is C21H20N2O3S. The number of nitrogens with zero attached hydrogens (tertiary/aromatic N) is 1. The molecule has 2 aromatic carbocycles. The van der Waals surface area contributed by atoms with Gasteiger partial charge in [-0.1, -0.05) is 59.9 Å². The van der Waals surface area contributed by atoms with Crippen LogP contribution >= 0.6 is 11.3 Å². The van der Waals surface area contributed by atoms with Crippen molar-refractivity contribution < 1.29 is 14.3 Å². The van der Waals surface area contributed by atoms with Gasteiger partial charge >= 0.3 is 0 Å². The molecule has 1 heterocycles. The Morgan fingerprint density at radius 3 is 2.48 bits per heavy atom. The van der Waals surface area contributed by atoms with E-state index in [0.29, 0.717) is 28.5 Å². The number of para-hydroxylation sites is 1. The molecule has 0 radical (unpaired) electrons. The van der Waals surface area contributed by atoms with Crippen molar-refractivity contribution in [2.45, 2.75) is 19.8 Å². The number of ketones is 1. The number of methoxy groups -OCH3 is 1. The fraction of sp³-hybridized carbons (Fsp3) is 0.190. The summed E-state index contributed by atoms with van der Waals surface area (Å²) in [4.78, 5) is 29.3. The first-order valence-electron chi connectivity index (χ1n) is 8.57. The lowest BCUT2D eigenvalue weighted by Crippen LogP contribution is -2.12. The molecular weight excluding hydrogens is 360 g/mol. The SMILES string of the molecule is COc1ccccc1CCC(=O)Nc1nc(-c2ccccc2)c(C(C)=O)s1. The Kier molecular flexibility index (Phi) is 5.98. The second-order valence-electron chi connectivity index (χ2n) is 5.98. The molecule has 0 aliphatic carbocycles. The average molecular weight is 380 g/mol. The van der Waals surface area contributed by atoms with Crippen LogP contribution in [0, 0.1) is 0 Å². The number of aryl methyl sites for hydroxylation is 1. The van der Waals surface area contributed by atoms with E-state index in [4.69, 9.17) is 4.74 Å². The largest absolute Gasteiger partial charge is 0.496 e. The van der Waals surface area contributed by atoms with E-state index >= 15 is 0 Å². The quantitative estimate of drug-likeness (QED) is 0.609. The molecule has 3 aromatic rings. The minimum Gasteiger partial charge on any atom is -0.496 e. The maximum atomic E-state index is 12.3. The lowest BCUT2D eigenvalue weighted by atomic mass is 10.1. The third kappa shape index (κ3) is 4.60. The zero-order valence-corrected chi connectivity index (χ0v) is 16.0. The second-order valence-corrected chi connectivity index (χ2v) is 6.98. The number of amides is 1. The van der Waals surface area contributed by atoms with E-state index in [2.05, 4.69) is 10.3 Å². The van der Waals surface area contributed by atoms with Crippen molar-refractivity contribution in [1.29, 1.82) is 0 Å². The van der Waals surface area contributed by atoms with Crippen molar-refractivity contribution in [2.75, 3.05) is 12.4 Å². The molecule has 1 aromatic heterocycles. The fourth-order valence-electron chi connectivity index (χ4n) is 2.74. The number of thiazole rings is 1. The van der Waals surface area contributed by atoms with Gasteiger partial charge in [0.2, 0.25) is 5.91 Å². The van der Waals surface area contributed by atoms with Crippen molar-refractivity contribution in [1.82, 2.24) is 4.98 Å². The van der Waals surface area contributed by atoms with E-state index in [0.717, 1.165) is 16.9 Å². The number of nitrogens with one attached hydrogen (secondary N) is 1. The molecule has 138 valence electrons. The van der Waals surface area contributed by atoms with Gasteiger partial charge in [0, 0.05) is 18.9 Å². The number of anilines is 1. The standard InChI is InChI=1S/C21H20N2O3S/c1-14(24)20-19(16-9-4-3-5-10-16)23-21(27-20)22-18(25)13-12-15-8-6-7-11-17(15)26-2/h3-11H,12-13H2,1-2H3,(H,22,23,25). The predicted octanol–water partition coefficient (Wildman–Crippen LogP) is 4.59. The Morgan fingerprint density at radius 1 is 1.07 bits per heavy atom. The molecule has 6 heteroatoms. The number of hydrogen-bond donors (Lipinski definition) is 1. The maximum absolute atomic E-state index is 12.3. The summed E-state index contributed by atoms with van der Waals surface area (Å²) in [6.07, 6.45) is 0.863. The zero-order valence-electron chi connectivity index (χ0n) is 15.2. The van der Waals surface area contributed by atoms with E-state index in [-0.39, 0.29) is 11.7 Å². The van der Waals surface area contributed by atoms with E-state index in [1.165, 1.54) is 18.3 Å². The minimum atomic E-state index is -0.149. The third-order valence-corrected chi connectivity index (χ3v) is 5.13. The van der Waals surface area contributed by atoms with Crippen LogP contribution in [0.25, 0.3) is 11.3 Å². The number of hydrogen-bond acceptors (Lipinski definition) is 5. The van der Waals surface area contributed by atoms with Crippen LogP contribution in [-0.2, 0) is 11.2 Å². The molecule has 0 saturated heterocycles. The Labute approximate surface area is 162 Å². The summed E-state index contributed by atoms with van der Waals surface area (Å²) >= 11 is 1.20. The highest BCUT2D eigenvalue weighted by molar-refractivity contribution is 7.18. The fourth-order valence-corrected chi connectivity index (χ4v) is 3.64. The Hall–Kier alpha value is -2.99. The van der Waals surface area contributed by atoms with Crippen LogP contribution in [0.15, 0.2) is 54.6 Å². The van der Waals surface area contributed by atoms with Crippen LogP contribution in [-0.4, -0.2) is 23.8 Å². The van der Waals surface area contributed by atoms with Crippen LogP contribution in [0.2, 0.25) is 0 Å². The van der Waals surface area contributed by atoms with Gasteiger partial charge in [0.25, 0.3) is 0 Å². The molecule has 0 spiro atoms. The van der Waals surface area contributed by atoms with Gasteiger partial charge in [-0.3, -0.25) is 9.59 Å².